The summed E-state index contributed by atoms with van der Waals surface area (Å²) in [5.41, 5.74) is 4.84. The van der Waals surface area contributed by atoms with Gasteiger partial charge in [-0.3, -0.25) is 4.79 Å². The molecule has 104 valence electrons. The zero-order valence-corrected chi connectivity index (χ0v) is 11.4. The predicted molar refractivity (Wildman–Crippen MR) is 68.0 cm³/mol. The van der Waals surface area contributed by atoms with Crippen molar-refractivity contribution in [2.24, 2.45) is 5.73 Å². The van der Waals surface area contributed by atoms with Crippen LogP contribution in [0.1, 0.15) is 33.6 Å². The van der Waals surface area contributed by atoms with Gasteiger partial charge in [0.2, 0.25) is 5.91 Å². The number of alkyl carbamates (subject to hydrolysis) is 1. The molecule has 0 bridgehead atoms. The van der Waals surface area contributed by atoms with Gasteiger partial charge in [0.15, 0.2) is 0 Å². The lowest BCUT2D eigenvalue weighted by Gasteiger charge is -2.25. The van der Waals surface area contributed by atoms with Crippen molar-refractivity contribution < 1.29 is 14.3 Å². The Morgan fingerprint density at radius 2 is 2.11 bits per heavy atom. The fraction of sp³-hybridized carbons (Fsp3) is 0.833. The third-order valence-electron chi connectivity index (χ3n) is 2.75. The topological polar surface area (TPSA) is 84.7 Å². The highest BCUT2D eigenvalue weighted by Gasteiger charge is 2.28. The molecule has 0 aliphatic carbocycles. The second kappa shape index (κ2) is 6.04. The Morgan fingerprint density at radius 1 is 1.44 bits per heavy atom. The number of likely N-dealkylation sites (tertiary alicyclic amines) is 1. The van der Waals surface area contributed by atoms with Gasteiger partial charge in [0.25, 0.3) is 0 Å². The lowest BCUT2D eigenvalue weighted by Crippen LogP contribution is -2.46. The molecule has 0 aromatic rings. The standard InChI is InChI=1S/C12H23N3O3/c1-12(2,3)18-11(17)14-8-9-5-4-6-15(9)10(16)7-13/h9H,4-8,13H2,1-3H3,(H,14,17)/t9-/m1/s1. The molecule has 0 unspecified atom stereocenters. The van der Waals surface area contributed by atoms with E-state index in [1.54, 1.807) is 4.90 Å². The van der Waals surface area contributed by atoms with E-state index in [1.807, 2.05) is 20.8 Å². The highest BCUT2D eigenvalue weighted by Crippen LogP contribution is 2.16. The van der Waals surface area contributed by atoms with Gasteiger partial charge in [-0.05, 0) is 33.6 Å². The molecule has 0 aromatic heterocycles. The molecule has 0 saturated carbocycles. The summed E-state index contributed by atoms with van der Waals surface area (Å²) in [6, 6.07) is 0.0357. The number of nitrogens with two attached hydrogens (primary N) is 1. The summed E-state index contributed by atoms with van der Waals surface area (Å²) in [7, 11) is 0. The number of nitrogens with zero attached hydrogens (tertiary/aromatic N) is 1. The van der Waals surface area contributed by atoms with Crippen LogP contribution in [0.25, 0.3) is 0 Å². The number of ether oxygens (including phenoxy) is 1. The maximum atomic E-state index is 11.6. The van der Waals surface area contributed by atoms with E-state index in [4.69, 9.17) is 10.5 Å². The van der Waals surface area contributed by atoms with Crippen molar-refractivity contribution in [3.05, 3.63) is 0 Å². The molecule has 6 heteroatoms. The summed E-state index contributed by atoms with van der Waals surface area (Å²) in [4.78, 5) is 24.8. The van der Waals surface area contributed by atoms with Gasteiger partial charge in [-0.2, -0.15) is 0 Å². The first-order chi connectivity index (χ1) is 8.33. The van der Waals surface area contributed by atoms with Crippen molar-refractivity contribution in [2.45, 2.75) is 45.3 Å². The van der Waals surface area contributed by atoms with Crippen LogP contribution in [0.2, 0.25) is 0 Å². The molecule has 1 aliphatic heterocycles. The van der Waals surface area contributed by atoms with Gasteiger partial charge in [0.05, 0.1) is 6.54 Å². The third-order valence-corrected chi connectivity index (χ3v) is 2.75. The molecule has 2 amide bonds. The maximum absolute atomic E-state index is 11.6. The first-order valence-corrected chi connectivity index (χ1v) is 6.30. The van der Waals surface area contributed by atoms with Crippen molar-refractivity contribution in [3.8, 4) is 0 Å². The van der Waals surface area contributed by atoms with Crippen molar-refractivity contribution in [1.29, 1.82) is 0 Å². The smallest absolute Gasteiger partial charge is 0.407 e. The van der Waals surface area contributed by atoms with Gasteiger partial charge in [0, 0.05) is 19.1 Å². The van der Waals surface area contributed by atoms with E-state index in [1.165, 1.54) is 0 Å². The molecule has 1 atom stereocenters. The molecule has 1 aliphatic rings. The average molecular weight is 257 g/mol. The lowest BCUT2D eigenvalue weighted by atomic mass is 10.2. The largest absolute Gasteiger partial charge is 0.444 e. The molecule has 0 aromatic carbocycles. The van der Waals surface area contributed by atoms with Crippen molar-refractivity contribution in [1.82, 2.24) is 10.2 Å². The van der Waals surface area contributed by atoms with Crippen LogP contribution < -0.4 is 11.1 Å². The van der Waals surface area contributed by atoms with Gasteiger partial charge in [-0.15, -0.1) is 0 Å². The van der Waals surface area contributed by atoms with Crippen molar-refractivity contribution in [2.75, 3.05) is 19.6 Å². The highest BCUT2D eigenvalue weighted by atomic mass is 16.6. The lowest BCUT2D eigenvalue weighted by molar-refractivity contribution is -0.130. The SMILES string of the molecule is CC(C)(C)OC(=O)NC[C@H]1CCCN1C(=O)CN. The van der Waals surface area contributed by atoms with Crippen LogP contribution in [0.3, 0.4) is 0 Å². The Hall–Kier alpha value is -1.30. The summed E-state index contributed by atoms with van der Waals surface area (Å²) in [5.74, 6) is -0.0662. The van der Waals surface area contributed by atoms with Gasteiger partial charge in [-0.1, -0.05) is 0 Å². The predicted octanol–water partition coefficient (Wildman–Crippen LogP) is 0.461. The molecule has 6 nitrogen and oxygen atoms in total. The molecule has 1 heterocycles. The minimum atomic E-state index is -0.507. The van der Waals surface area contributed by atoms with E-state index in [2.05, 4.69) is 5.32 Å². The Labute approximate surface area is 108 Å². The van der Waals surface area contributed by atoms with E-state index in [9.17, 15) is 9.59 Å². The summed E-state index contributed by atoms with van der Waals surface area (Å²) in [6.07, 6.45) is 1.39. The van der Waals surface area contributed by atoms with E-state index in [0.29, 0.717) is 6.54 Å². The first kappa shape index (κ1) is 14.8. The van der Waals surface area contributed by atoms with E-state index < -0.39 is 11.7 Å². The average Bonchev–Trinajstić information content (AvgIpc) is 2.71. The fourth-order valence-electron chi connectivity index (χ4n) is 2.01. The Bertz CT molecular complexity index is 312. The number of carbonyl (C=O) groups excluding carboxylic acids is 2. The molecular weight excluding hydrogens is 234 g/mol. The maximum Gasteiger partial charge on any atom is 0.407 e. The number of amides is 2. The number of carbonyl (C=O) groups is 2. The number of nitrogens with one attached hydrogen (secondary N) is 1. The monoisotopic (exact) mass is 257 g/mol. The van der Waals surface area contributed by atoms with Crippen LogP contribution in [0.4, 0.5) is 4.79 Å². The molecule has 0 radical (unpaired) electrons. The summed E-state index contributed by atoms with van der Waals surface area (Å²) in [6.45, 7) is 6.59. The second-order valence-corrected chi connectivity index (χ2v) is 5.47. The van der Waals surface area contributed by atoms with Crippen molar-refractivity contribution >= 4 is 12.0 Å². The van der Waals surface area contributed by atoms with Crippen LogP contribution >= 0.6 is 0 Å². The van der Waals surface area contributed by atoms with Crippen molar-refractivity contribution in [3.63, 3.8) is 0 Å². The van der Waals surface area contributed by atoms with Gasteiger partial charge in [-0.25, -0.2) is 4.79 Å². The molecule has 3 N–H and O–H groups in total. The Kier molecular flexibility index (Phi) is 4.95. The van der Waals surface area contributed by atoms with E-state index in [-0.39, 0.29) is 18.5 Å². The van der Waals surface area contributed by atoms with Gasteiger partial charge >= 0.3 is 6.09 Å². The second-order valence-electron chi connectivity index (χ2n) is 5.47. The third kappa shape index (κ3) is 4.52. The highest BCUT2D eigenvalue weighted by molar-refractivity contribution is 5.78. The van der Waals surface area contributed by atoms with Gasteiger partial charge < -0.3 is 20.7 Å². The molecule has 1 fully saturated rings. The molecule has 1 saturated heterocycles. The van der Waals surface area contributed by atoms with Crippen LogP contribution in [-0.2, 0) is 9.53 Å². The number of hydrogen-bond donors (Lipinski definition) is 2. The Morgan fingerprint density at radius 3 is 2.67 bits per heavy atom. The van der Waals surface area contributed by atoms with Gasteiger partial charge in [0.1, 0.15) is 5.60 Å². The van der Waals surface area contributed by atoms with Crippen LogP contribution in [-0.4, -0.2) is 48.2 Å². The van der Waals surface area contributed by atoms with E-state index >= 15 is 0 Å². The zero-order valence-electron chi connectivity index (χ0n) is 11.4. The van der Waals surface area contributed by atoms with Crippen LogP contribution in [0.5, 0.6) is 0 Å². The quantitative estimate of drug-likeness (QED) is 0.769. The molecule has 1 rings (SSSR count). The molecule has 18 heavy (non-hydrogen) atoms. The first-order valence-electron chi connectivity index (χ1n) is 6.30. The number of rotatable bonds is 3. The minimum absolute atomic E-state index is 0.0168. The van der Waals surface area contributed by atoms with E-state index in [0.717, 1.165) is 19.4 Å². The normalized spacial score (nSPS) is 19.8. The molecule has 0 spiro atoms. The van der Waals surface area contributed by atoms with Crippen LogP contribution in [0.15, 0.2) is 0 Å². The zero-order chi connectivity index (χ0) is 13.8. The summed E-state index contributed by atoms with van der Waals surface area (Å²) >= 11 is 0. The fourth-order valence-corrected chi connectivity index (χ4v) is 2.01. The van der Waals surface area contributed by atoms with Crippen LogP contribution in [0, 0.1) is 0 Å². The summed E-state index contributed by atoms with van der Waals surface area (Å²) < 4.78 is 5.14. The Balaban J connectivity index is 2.38. The summed E-state index contributed by atoms with van der Waals surface area (Å²) in [5, 5.41) is 2.69. The number of hydrogen-bond acceptors (Lipinski definition) is 4. The minimum Gasteiger partial charge on any atom is -0.444 e. The molecular formula is C12H23N3O3.